The minimum Gasteiger partial charge on any atom is -0.247 e. The van der Waals surface area contributed by atoms with Crippen LogP contribution in [0.4, 0.5) is 0 Å². The predicted octanol–water partition coefficient (Wildman–Crippen LogP) is 12.9. The monoisotopic (exact) mass is 546 g/mol. The highest BCUT2D eigenvalue weighted by molar-refractivity contribution is 4.90. The third-order valence-electron chi connectivity index (χ3n) is 9.14. The Labute approximate surface area is 246 Å². The molecule has 1 aromatic rings. The zero-order valence-corrected chi connectivity index (χ0v) is 27.6. The Morgan fingerprint density at radius 1 is 0.487 bits per heavy atom. The van der Waals surface area contributed by atoms with Crippen LogP contribution in [0.1, 0.15) is 225 Å². The Bertz CT molecular complexity index is 606. The second-order valence-electron chi connectivity index (χ2n) is 12.9. The van der Waals surface area contributed by atoms with E-state index in [1.165, 1.54) is 186 Å². The molecule has 0 spiro atoms. The third-order valence-corrected chi connectivity index (χ3v) is 9.14. The lowest BCUT2D eigenvalue weighted by Crippen LogP contribution is -2.41. The lowest BCUT2D eigenvalue weighted by Gasteiger charge is -2.17. The minimum absolute atomic E-state index is 0.622. The number of H-pyrrole nitrogens is 1. The summed E-state index contributed by atoms with van der Waals surface area (Å²) in [7, 11) is 0. The summed E-state index contributed by atoms with van der Waals surface area (Å²) in [5.41, 5.74) is 0. The molecule has 0 fully saturated rings. The van der Waals surface area contributed by atoms with E-state index in [1.54, 1.807) is 0 Å². The highest BCUT2D eigenvalue weighted by Gasteiger charge is 2.25. The van der Waals surface area contributed by atoms with Crippen LogP contribution in [0.5, 0.6) is 0 Å². The van der Waals surface area contributed by atoms with E-state index >= 15 is 0 Å². The summed E-state index contributed by atoms with van der Waals surface area (Å²) in [4.78, 5) is 3.69. The van der Waals surface area contributed by atoms with E-state index in [1.807, 2.05) is 0 Å². The Morgan fingerprint density at radius 2 is 0.846 bits per heavy atom. The summed E-state index contributed by atoms with van der Waals surface area (Å²) >= 11 is 0. The van der Waals surface area contributed by atoms with Crippen LogP contribution in [0.15, 0.2) is 12.4 Å². The number of nitrogens with one attached hydrogen (secondary N) is 1. The molecule has 0 saturated heterocycles. The number of unbranched alkanes of at least 4 members (excludes halogenated alkanes) is 22. The average molecular weight is 546 g/mol. The summed E-state index contributed by atoms with van der Waals surface area (Å²) < 4.78 is 2.60. The molecule has 1 N–H and O–H groups in total. The van der Waals surface area contributed by atoms with Crippen LogP contribution in [-0.2, 0) is 0 Å². The number of hydrogen-bond donors (Lipinski definition) is 1. The van der Waals surface area contributed by atoms with Gasteiger partial charge >= 0.3 is 0 Å². The van der Waals surface area contributed by atoms with Gasteiger partial charge in [-0.1, -0.05) is 175 Å². The smallest absolute Gasteiger partial charge is 0.247 e. The Kier molecular flexibility index (Phi) is 25.4. The number of nitrogens with zero attached hydrogens (tertiary/aromatic N) is 1. The van der Waals surface area contributed by atoms with E-state index in [0.717, 1.165) is 0 Å². The predicted molar refractivity (Wildman–Crippen MR) is 175 cm³/mol. The van der Waals surface area contributed by atoms with Gasteiger partial charge in [-0.2, -0.15) is 0 Å². The first kappa shape index (κ1) is 36.2. The Morgan fingerprint density at radius 3 is 1.28 bits per heavy atom. The lowest BCUT2D eigenvalue weighted by molar-refractivity contribution is -0.727. The van der Waals surface area contributed by atoms with Crippen molar-refractivity contribution in [3.63, 3.8) is 0 Å². The van der Waals surface area contributed by atoms with Gasteiger partial charge in [0.05, 0.1) is 12.0 Å². The summed E-state index contributed by atoms with van der Waals surface area (Å²) in [5.74, 6) is 2.23. The summed E-state index contributed by atoms with van der Waals surface area (Å²) in [5, 5.41) is 0. The molecular weight excluding hydrogens is 472 g/mol. The minimum atomic E-state index is 0.622. The third kappa shape index (κ3) is 19.8. The van der Waals surface area contributed by atoms with Crippen molar-refractivity contribution in [3.8, 4) is 0 Å². The number of rotatable bonds is 30. The summed E-state index contributed by atoms with van der Waals surface area (Å²) in [6, 6.07) is 0.622. The van der Waals surface area contributed by atoms with Crippen molar-refractivity contribution in [2.45, 2.75) is 219 Å². The molecule has 0 aliphatic carbocycles. The quantitative estimate of drug-likeness (QED) is 0.0732. The molecule has 0 aromatic carbocycles. The fourth-order valence-corrected chi connectivity index (χ4v) is 6.41. The molecule has 0 amide bonds. The van der Waals surface area contributed by atoms with Crippen molar-refractivity contribution < 1.29 is 4.57 Å². The van der Waals surface area contributed by atoms with E-state index in [-0.39, 0.29) is 0 Å². The van der Waals surface area contributed by atoms with Crippen LogP contribution in [0, 0.1) is 0 Å². The molecule has 1 heterocycles. The highest BCUT2D eigenvalue weighted by Crippen LogP contribution is 2.27. The van der Waals surface area contributed by atoms with Crippen molar-refractivity contribution in [3.05, 3.63) is 18.2 Å². The zero-order valence-electron chi connectivity index (χ0n) is 27.6. The molecule has 2 atom stereocenters. The van der Waals surface area contributed by atoms with E-state index in [0.29, 0.717) is 12.0 Å². The van der Waals surface area contributed by atoms with Crippen LogP contribution in [0.3, 0.4) is 0 Å². The molecule has 230 valence electrons. The topological polar surface area (TPSA) is 19.7 Å². The van der Waals surface area contributed by atoms with Crippen LogP contribution >= 0.6 is 0 Å². The SMILES string of the molecule is CCCCCCCCCCCCCCCCCC(CCCC)c1[nH]cc[n+]1C(C)CCCCCCCCCC. The number of imidazole rings is 1. The van der Waals surface area contributed by atoms with Gasteiger partial charge in [0, 0.05) is 0 Å². The van der Waals surface area contributed by atoms with Gasteiger partial charge in [0.25, 0.3) is 5.82 Å². The summed E-state index contributed by atoms with van der Waals surface area (Å²) in [6.45, 7) is 9.41. The zero-order chi connectivity index (χ0) is 28.2. The number of aromatic amines is 1. The molecule has 0 saturated carbocycles. The molecule has 0 radical (unpaired) electrons. The fraction of sp³-hybridized carbons (Fsp3) is 0.919. The first-order chi connectivity index (χ1) is 19.2. The molecule has 0 aliphatic rings. The Balaban J connectivity index is 2.20. The molecular formula is C37H73N2+. The highest BCUT2D eigenvalue weighted by atomic mass is 15.1. The van der Waals surface area contributed by atoms with E-state index in [9.17, 15) is 0 Å². The molecule has 2 unspecified atom stereocenters. The van der Waals surface area contributed by atoms with Gasteiger partial charge in [-0.3, -0.25) is 0 Å². The van der Waals surface area contributed by atoms with Gasteiger partial charge in [0.15, 0.2) is 0 Å². The van der Waals surface area contributed by atoms with E-state index in [2.05, 4.69) is 49.6 Å². The number of hydrogen-bond acceptors (Lipinski definition) is 0. The molecule has 2 heteroatoms. The standard InChI is InChI=1S/C37H72N2/c1-5-8-11-13-15-17-18-19-20-21-22-23-25-27-29-32-36(31-10-7-3)37-38-33-34-39(37)35(4)30-28-26-24-16-14-12-9-6-2/h33-36H,5-32H2,1-4H3/p+1. The van der Waals surface area contributed by atoms with Crippen LogP contribution in [-0.4, -0.2) is 4.98 Å². The first-order valence-electron chi connectivity index (χ1n) is 18.3. The van der Waals surface area contributed by atoms with Gasteiger partial charge < -0.3 is 0 Å². The maximum absolute atomic E-state index is 3.69. The first-order valence-corrected chi connectivity index (χ1v) is 18.3. The Hall–Kier alpha value is -0.790. The van der Waals surface area contributed by atoms with Crippen LogP contribution in [0.25, 0.3) is 0 Å². The average Bonchev–Trinajstić information content (AvgIpc) is 3.44. The van der Waals surface area contributed by atoms with Crippen molar-refractivity contribution in [1.82, 2.24) is 4.98 Å². The normalized spacial score (nSPS) is 13.2. The maximum Gasteiger partial charge on any atom is 0.257 e. The molecule has 1 aromatic heterocycles. The van der Waals surface area contributed by atoms with Gasteiger partial charge in [-0.15, -0.1) is 0 Å². The van der Waals surface area contributed by atoms with Gasteiger partial charge in [-0.25, -0.2) is 9.55 Å². The molecule has 1 rings (SSSR count). The number of aromatic nitrogens is 2. The largest absolute Gasteiger partial charge is 0.257 e. The molecule has 0 aliphatic heterocycles. The van der Waals surface area contributed by atoms with Crippen molar-refractivity contribution in [2.75, 3.05) is 0 Å². The maximum atomic E-state index is 3.69. The fourth-order valence-electron chi connectivity index (χ4n) is 6.41. The van der Waals surface area contributed by atoms with Gasteiger partial charge in [-0.05, 0) is 32.6 Å². The van der Waals surface area contributed by atoms with Crippen LogP contribution < -0.4 is 4.57 Å². The van der Waals surface area contributed by atoms with E-state index < -0.39 is 0 Å². The van der Waals surface area contributed by atoms with Crippen molar-refractivity contribution in [2.24, 2.45) is 0 Å². The molecule has 0 bridgehead atoms. The van der Waals surface area contributed by atoms with Crippen molar-refractivity contribution >= 4 is 0 Å². The second-order valence-corrected chi connectivity index (χ2v) is 12.9. The lowest BCUT2D eigenvalue weighted by atomic mass is 9.93. The van der Waals surface area contributed by atoms with Gasteiger partial charge in [0.2, 0.25) is 0 Å². The van der Waals surface area contributed by atoms with E-state index in [4.69, 9.17) is 0 Å². The molecule has 2 nitrogen and oxygen atoms in total. The second kappa shape index (κ2) is 27.4. The van der Waals surface area contributed by atoms with Crippen molar-refractivity contribution in [1.29, 1.82) is 0 Å². The summed E-state index contributed by atoms with van der Waals surface area (Å²) in [6.07, 6.45) is 44.3. The van der Waals surface area contributed by atoms with Crippen LogP contribution in [0.2, 0.25) is 0 Å². The van der Waals surface area contributed by atoms with Gasteiger partial charge in [0.1, 0.15) is 12.4 Å². The molecule has 39 heavy (non-hydrogen) atoms.